The first-order chi connectivity index (χ1) is 25.5. The molecule has 0 spiro atoms. The average Bonchev–Trinajstić information content (AvgIpc) is 3.15. The van der Waals surface area contributed by atoms with Crippen molar-refractivity contribution in [1.82, 2.24) is 0 Å². The summed E-state index contributed by atoms with van der Waals surface area (Å²) in [6.07, 6.45) is 10.9. The highest BCUT2D eigenvalue weighted by Gasteiger charge is 2.11. The highest BCUT2D eigenvalue weighted by Crippen LogP contribution is 2.24. The summed E-state index contributed by atoms with van der Waals surface area (Å²) in [5.41, 5.74) is 2.37. The molecule has 0 fully saturated rings. The van der Waals surface area contributed by atoms with Gasteiger partial charge in [-0.05, 0) is 113 Å². The third kappa shape index (κ3) is 22.2. The standard InChI is InChI=1S/C18H18O5.C16H22O3.C9H16O2/c1-4-21-15-7-5-14(6-8-15)18(20)23-16-9-10-17(12(2)11-16)22-13(3)19;1-3-16(17)19-13-7-5-4-6-12-18-15-10-8-14(2)9-11-15;1-3-5-6-7-8-11-9(10)4-2/h5-11H,4H2,1-3H3;3,8-11H,1,4-7,12-13H2,2H3;4H,2-3,5-8H2,1H3. The van der Waals surface area contributed by atoms with Gasteiger partial charge in [0.15, 0.2) is 0 Å². The Hall–Kier alpha value is -5.38. The van der Waals surface area contributed by atoms with Crippen LogP contribution >= 0.6 is 0 Å². The Labute approximate surface area is 315 Å². The number of aryl methyl sites for hydroxylation is 2. The van der Waals surface area contributed by atoms with Gasteiger partial charge in [0.2, 0.25) is 0 Å². The molecule has 0 unspecified atom stereocenters. The maximum atomic E-state index is 12.1. The Morgan fingerprint density at radius 3 is 1.62 bits per heavy atom. The summed E-state index contributed by atoms with van der Waals surface area (Å²) < 4.78 is 31.0. The lowest BCUT2D eigenvalue weighted by Crippen LogP contribution is -2.09. The van der Waals surface area contributed by atoms with Gasteiger partial charge in [-0.2, -0.15) is 0 Å². The van der Waals surface area contributed by atoms with Crippen molar-refractivity contribution in [2.24, 2.45) is 0 Å². The largest absolute Gasteiger partial charge is 0.494 e. The number of hydrogen-bond donors (Lipinski definition) is 0. The number of hydrogen-bond acceptors (Lipinski definition) is 10. The smallest absolute Gasteiger partial charge is 0.343 e. The van der Waals surface area contributed by atoms with Crippen LogP contribution in [0.2, 0.25) is 0 Å². The zero-order valence-corrected chi connectivity index (χ0v) is 32.0. The fourth-order valence-electron chi connectivity index (χ4n) is 4.35. The maximum Gasteiger partial charge on any atom is 0.343 e. The van der Waals surface area contributed by atoms with Gasteiger partial charge in [0.1, 0.15) is 23.0 Å². The second kappa shape index (κ2) is 28.2. The van der Waals surface area contributed by atoms with Gasteiger partial charge in [0.25, 0.3) is 0 Å². The summed E-state index contributed by atoms with van der Waals surface area (Å²) in [4.78, 5) is 44.3. The van der Waals surface area contributed by atoms with E-state index in [1.54, 1.807) is 49.4 Å². The van der Waals surface area contributed by atoms with Crippen molar-refractivity contribution >= 4 is 23.9 Å². The van der Waals surface area contributed by atoms with Gasteiger partial charge in [-0.25, -0.2) is 14.4 Å². The lowest BCUT2D eigenvalue weighted by molar-refractivity contribution is -0.138. The molecule has 0 bridgehead atoms. The van der Waals surface area contributed by atoms with Gasteiger partial charge >= 0.3 is 23.9 Å². The third-order valence-electron chi connectivity index (χ3n) is 7.16. The van der Waals surface area contributed by atoms with E-state index in [4.69, 9.17) is 28.4 Å². The van der Waals surface area contributed by atoms with Crippen LogP contribution in [0.4, 0.5) is 0 Å². The van der Waals surface area contributed by atoms with Crippen molar-refractivity contribution in [2.45, 2.75) is 86.0 Å². The van der Waals surface area contributed by atoms with Crippen LogP contribution < -0.4 is 18.9 Å². The van der Waals surface area contributed by atoms with E-state index >= 15 is 0 Å². The number of unbranched alkanes of at least 4 members (excludes halogenated alkanes) is 6. The zero-order chi connectivity index (χ0) is 39.3. The van der Waals surface area contributed by atoms with Crippen molar-refractivity contribution in [3.8, 4) is 23.0 Å². The third-order valence-corrected chi connectivity index (χ3v) is 7.16. The molecular weight excluding hydrogens is 676 g/mol. The second-order valence-corrected chi connectivity index (χ2v) is 11.7. The topological polar surface area (TPSA) is 124 Å². The molecule has 0 aliphatic heterocycles. The van der Waals surface area contributed by atoms with E-state index in [9.17, 15) is 19.2 Å². The van der Waals surface area contributed by atoms with Gasteiger partial charge < -0.3 is 28.4 Å². The Morgan fingerprint density at radius 1 is 0.604 bits per heavy atom. The van der Waals surface area contributed by atoms with Gasteiger partial charge in [-0.3, -0.25) is 4.79 Å². The molecule has 0 saturated carbocycles. The first-order valence-electron chi connectivity index (χ1n) is 18.0. The first-order valence-corrected chi connectivity index (χ1v) is 18.0. The molecule has 0 aliphatic carbocycles. The summed E-state index contributed by atoms with van der Waals surface area (Å²) >= 11 is 0. The minimum absolute atomic E-state index is 0.318. The van der Waals surface area contributed by atoms with E-state index in [1.165, 1.54) is 37.5 Å². The number of esters is 4. The second-order valence-electron chi connectivity index (χ2n) is 11.7. The predicted molar refractivity (Wildman–Crippen MR) is 207 cm³/mol. The van der Waals surface area contributed by atoms with E-state index in [1.807, 2.05) is 31.2 Å². The Bertz CT molecular complexity index is 1530. The minimum Gasteiger partial charge on any atom is -0.494 e. The van der Waals surface area contributed by atoms with Crippen LogP contribution in [-0.2, 0) is 23.9 Å². The number of carbonyl (C=O) groups excluding carboxylic acids is 4. The Balaban J connectivity index is 0.000000423. The van der Waals surface area contributed by atoms with E-state index < -0.39 is 11.9 Å². The van der Waals surface area contributed by atoms with Crippen LogP contribution in [0.5, 0.6) is 23.0 Å². The molecule has 3 rings (SSSR count). The van der Waals surface area contributed by atoms with Gasteiger partial charge in [-0.1, -0.05) is 57.0 Å². The molecule has 3 aromatic carbocycles. The van der Waals surface area contributed by atoms with Crippen LogP contribution in [0, 0.1) is 13.8 Å². The van der Waals surface area contributed by atoms with Crippen LogP contribution in [0.15, 0.2) is 92.0 Å². The molecule has 288 valence electrons. The lowest BCUT2D eigenvalue weighted by atomic mass is 10.2. The van der Waals surface area contributed by atoms with Crippen LogP contribution in [0.3, 0.4) is 0 Å². The highest BCUT2D eigenvalue weighted by molar-refractivity contribution is 5.91. The number of ether oxygens (including phenoxy) is 6. The fraction of sp³-hybridized carbons (Fsp3) is 0.395. The number of carbonyl (C=O) groups is 4. The summed E-state index contributed by atoms with van der Waals surface area (Å²) in [5.74, 6) is 0.927. The van der Waals surface area contributed by atoms with Crippen molar-refractivity contribution in [3.05, 3.63) is 109 Å². The van der Waals surface area contributed by atoms with Crippen LogP contribution in [0.1, 0.15) is 93.6 Å². The van der Waals surface area contributed by atoms with E-state index in [0.29, 0.717) is 48.2 Å². The zero-order valence-electron chi connectivity index (χ0n) is 32.0. The summed E-state index contributed by atoms with van der Waals surface area (Å²) in [7, 11) is 0. The van der Waals surface area contributed by atoms with Gasteiger partial charge in [-0.15, -0.1) is 0 Å². The molecule has 0 heterocycles. The van der Waals surface area contributed by atoms with Crippen molar-refractivity contribution in [2.75, 3.05) is 26.4 Å². The maximum absolute atomic E-state index is 12.1. The molecule has 0 aliphatic rings. The Kier molecular flexibility index (Phi) is 24.3. The number of rotatable bonds is 20. The van der Waals surface area contributed by atoms with Gasteiger partial charge in [0, 0.05) is 19.1 Å². The molecule has 10 nitrogen and oxygen atoms in total. The molecule has 0 radical (unpaired) electrons. The van der Waals surface area contributed by atoms with Crippen LogP contribution in [-0.4, -0.2) is 50.3 Å². The Morgan fingerprint density at radius 2 is 1.11 bits per heavy atom. The van der Waals surface area contributed by atoms with Gasteiger partial charge in [0.05, 0.1) is 32.0 Å². The monoisotopic (exact) mass is 732 g/mol. The molecule has 10 heteroatoms. The van der Waals surface area contributed by atoms with Crippen molar-refractivity contribution < 1.29 is 47.6 Å². The van der Waals surface area contributed by atoms with E-state index in [2.05, 4.69) is 27.0 Å². The molecule has 0 atom stereocenters. The molecule has 53 heavy (non-hydrogen) atoms. The van der Waals surface area contributed by atoms with Crippen LogP contribution in [0.25, 0.3) is 0 Å². The van der Waals surface area contributed by atoms with E-state index in [-0.39, 0.29) is 11.9 Å². The quantitative estimate of drug-likeness (QED) is 0.0480. The molecular formula is C43H56O10. The highest BCUT2D eigenvalue weighted by atomic mass is 16.5. The molecule has 0 N–H and O–H groups in total. The average molecular weight is 733 g/mol. The molecule has 0 aromatic heterocycles. The summed E-state index contributed by atoms with van der Waals surface area (Å²) in [6.45, 7) is 18.2. The predicted octanol–water partition coefficient (Wildman–Crippen LogP) is 9.50. The lowest BCUT2D eigenvalue weighted by Gasteiger charge is -2.09. The molecule has 3 aromatic rings. The minimum atomic E-state index is -0.465. The first kappa shape index (κ1) is 45.6. The van der Waals surface area contributed by atoms with Crippen molar-refractivity contribution in [1.29, 1.82) is 0 Å². The number of benzene rings is 3. The molecule has 0 amide bonds. The fourth-order valence-corrected chi connectivity index (χ4v) is 4.35. The SMILES string of the molecule is C=CC(=O)OCCCCCC.C=CC(=O)OCCCCCCOc1ccc(C)cc1.CCOc1ccc(C(=O)Oc2ccc(OC(C)=O)c(C)c2)cc1. The van der Waals surface area contributed by atoms with E-state index in [0.717, 1.165) is 50.9 Å². The summed E-state index contributed by atoms with van der Waals surface area (Å²) in [5, 5.41) is 0. The summed E-state index contributed by atoms with van der Waals surface area (Å²) in [6, 6.07) is 19.6. The molecule has 0 saturated heterocycles. The normalized spacial score (nSPS) is 9.83. The van der Waals surface area contributed by atoms with Crippen molar-refractivity contribution in [3.63, 3.8) is 0 Å².